The molecule has 0 radical (unpaired) electrons. The summed E-state index contributed by atoms with van der Waals surface area (Å²) in [6.07, 6.45) is 2.06. The Kier molecular flexibility index (Phi) is 4.86. The van der Waals surface area contributed by atoms with Gasteiger partial charge in [-0.2, -0.15) is 0 Å². The molecule has 5 rings (SSSR count). The van der Waals surface area contributed by atoms with Crippen LogP contribution in [0.1, 0.15) is 28.6 Å². The summed E-state index contributed by atoms with van der Waals surface area (Å²) < 4.78 is 2.65. The Morgan fingerprint density at radius 1 is 0.935 bits per heavy atom. The van der Waals surface area contributed by atoms with Crippen LogP contribution in [0.3, 0.4) is 0 Å². The molecule has 31 heavy (non-hydrogen) atoms. The second-order valence-electron chi connectivity index (χ2n) is 8.42. The summed E-state index contributed by atoms with van der Waals surface area (Å²) in [5.74, 6) is -0.0341. The van der Waals surface area contributed by atoms with E-state index in [-0.39, 0.29) is 11.3 Å². The van der Waals surface area contributed by atoms with Crippen LogP contribution in [0.2, 0.25) is 0 Å². The fourth-order valence-corrected chi connectivity index (χ4v) is 8.26. The summed E-state index contributed by atoms with van der Waals surface area (Å²) in [6, 6.07) is 21.6. The van der Waals surface area contributed by atoms with E-state index in [0.29, 0.717) is 10.8 Å². The molecule has 1 fully saturated rings. The Morgan fingerprint density at radius 2 is 1.61 bits per heavy atom. The van der Waals surface area contributed by atoms with Crippen LogP contribution in [-0.2, 0) is 10.2 Å². The predicted molar refractivity (Wildman–Crippen MR) is 131 cm³/mol. The van der Waals surface area contributed by atoms with Crippen LogP contribution in [0, 0.1) is 0 Å². The monoisotopic (exact) mass is 543 g/mol. The quantitative estimate of drug-likeness (QED) is 0.263. The zero-order valence-electron chi connectivity index (χ0n) is 17.9. The number of amides is 1. The maximum absolute atomic E-state index is 12.7. The van der Waals surface area contributed by atoms with Crippen molar-refractivity contribution in [2.45, 2.75) is 19.3 Å². The summed E-state index contributed by atoms with van der Waals surface area (Å²) in [5.41, 5.74) is 5.67. The van der Waals surface area contributed by atoms with Crippen LogP contribution >= 0.6 is 12.2 Å². The van der Waals surface area contributed by atoms with Crippen molar-refractivity contribution in [3.05, 3.63) is 81.1 Å². The number of para-hydroxylation sites is 2. The Bertz CT molecular complexity index is 1240. The van der Waals surface area contributed by atoms with Gasteiger partial charge in [0.05, 0.1) is 0 Å². The van der Waals surface area contributed by atoms with E-state index in [1.165, 1.54) is 29.8 Å². The Balaban J connectivity index is 1.70. The van der Waals surface area contributed by atoms with Crippen molar-refractivity contribution in [3.8, 4) is 0 Å². The minimum absolute atomic E-state index is 0.0341. The van der Waals surface area contributed by atoms with Crippen molar-refractivity contribution in [1.82, 2.24) is 9.80 Å². The van der Waals surface area contributed by atoms with Gasteiger partial charge in [-0.25, -0.2) is 0 Å². The summed E-state index contributed by atoms with van der Waals surface area (Å²) >= 11 is 4.69. The van der Waals surface area contributed by atoms with E-state index in [1.807, 2.05) is 11.9 Å². The average molecular weight is 541 g/mol. The third-order valence-electron chi connectivity index (χ3n) is 6.18. The van der Waals surface area contributed by atoms with Gasteiger partial charge in [0, 0.05) is 0 Å². The molecule has 2 aliphatic heterocycles. The van der Waals surface area contributed by atoms with Gasteiger partial charge in [0.2, 0.25) is 0 Å². The van der Waals surface area contributed by atoms with Gasteiger partial charge in [0.25, 0.3) is 0 Å². The normalized spacial score (nSPS) is 18.6. The average Bonchev–Trinajstić information content (AvgIpc) is 3.27. The Morgan fingerprint density at radius 3 is 2.29 bits per heavy atom. The molecule has 0 aliphatic carbocycles. The molecule has 3 aromatic rings. The molecule has 0 atom stereocenters. The van der Waals surface area contributed by atoms with Crippen LogP contribution < -0.4 is 4.90 Å². The third-order valence-corrected chi connectivity index (χ3v) is 9.77. The molecule has 0 saturated carbocycles. The molecule has 0 bridgehead atoms. The van der Waals surface area contributed by atoms with Crippen molar-refractivity contribution < 1.29 is 4.79 Å². The maximum atomic E-state index is 12.7. The van der Waals surface area contributed by atoms with Gasteiger partial charge < -0.3 is 0 Å². The van der Waals surface area contributed by atoms with Gasteiger partial charge >= 0.3 is 199 Å². The van der Waals surface area contributed by atoms with Crippen LogP contribution in [0.5, 0.6) is 0 Å². The van der Waals surface area contributed by atoms with Gasteiger partial charge in [0.1, 0.15) is 0 Å². The number of rotatable bonds is 2. The number of thiocarbonyl (C=S) groups is 1. The fourth-order valence-electron chi connectivity index (χ4n) is 4.39. The van der Waals surface area contributed by atoms with E-state index < -0.39 is 20.4 Å². The number of carbonyl (C=O) groups excluding carboxylic acids is 1. The number of hydrogen-bond acceptors (Lipinski definition) is 3. The molecule has 0 spiro atoms. The van der Waals surface area contributed by atoms with Gasteiger partial charge in [-0.3, -0.25) is 0 Å². The van der Waals surface area contributed by atoms with Gasteiger partial charge in [-0.15, -0.1) is 0 Å². The van der Waals surface area contributed by atoms with Crippen LogP contribution in [-0.4, -0.2) is 55.3 Å². The zero-order chi connectivity index (χ0) is 21.9. The summed E-state index contributed by atoms with van der Waals surface area (Å²) in [6.45, 7) is 4.61. The number of hydrogen-bond donors (Lipinski definition) is 0. The van der Waals surface area contributed by atoms with E-state index in [9.17, 15) is 4.79 Å². The van der Waals surface area contributed by atoms with Crippen LogP contribution in [0.25, 0.3) is 6.08 Å². The van der Waals surface area contributed by atoms with Gasteiger partial charge in [0.15, 0.2) is 0 Å². The van der Waals surface area contributed by atoms with Crippen molar-refractivity contribution in [1.29, 1.82) is 0 Å². The molecule has 156 valence electrons. The Hall–Kier alpha value is -2.39. The van der Waals surface area contributed by atoms with E-state index >= 15 is 0 Å². The molecule has 0 unspecified atom stereocenters. The first-order valence-electron chi connectivity index (χ1n) is 10.2. The number of fused-ring (bicyclic) bond motifs is 2. The Labute approximate surface area is 198 Å². The number of benzene rings is 2. The molecular weight excluding hydrogens is 518 g/mol. The fraction of sp³-hybridized carbons (Fsp3) is 0.200. The molecule has 4 nitrogen and oxygen atoms in total. The molecular formula is C25H23N3OSTe. The first-order chi connectivity index (χ1) is 14.8. The topological polar surface area (TPSA) is 26.8 Å². The first kappa shape index (κ1) is 20.5. The van der Waals surface area contributed by atoms with E-state index in [0.717, 1.165) is 0 Å². The van der Waals surface area contributed by atoms with Gasteiger partial charge in [-0.1, -0.05) is 0 Å². The van der Waals surface area contributed by atoms with Crippen molar-refractivity contribution in [3.63, 3.8) is 0 Å². The standard InChI is InChI=1S/C25H23N3OSTe/c1-25(2)18-12-8-9-13-20(18)28(16-10-6-5-7-11-16)23-19(25)14-17(31-23)15-21-22(29)27(4)24(30)26(21)3/h5-15H,1-4H3/b21-15+. The SMILES string of the molecule is CN1C(=O)/C(=C\c2cc3c([te]2)N(c2ccccc2)c2ccccc2C3(C)C)N(C)C1=S. The van der Waals surface area contributed by atoms with Crippen molar-refractivity contribution in [2.24, 2.45) is 0 Å². The molecule has 0 N–H and O–H groups in total. The van der Waals surface area contributed by atoms with E-state index in [4.69, 9.17) is 12.2 Å². The third kappa shape index (κ3) is 3.09. The molecule has 1 amide bonds. The molecule has 2 aliphatic rings. The molecule has 6 heteroatoms. The number of nitrogens with zero attached hydrogens (tertiary/aromatic N) is 3. The number of carbonyl (C=O) groups is 1. The van der Waals surface area contributed by atoms with Gasteiger partial charge in [-0.05, 0) is 0 Å². The van der Waals surface area contributed by atoms with Crippen LogP contribution in [0.4, 0.5) is 15.1 Å². The summed E-state index contributed by atoms with van der Waals surface area (Å²) in [7, 11) is 3.61. The molecule has 2 aromatic carbocycles. The summed E-state index contributed by atoms with van der Waals surface area (Å²) in [5, 5.41) is 0.548. The minimum atomic E-state index is -0.699. The first-order valence-corrected chi connectivity index (χ1v) is 12.9. The van der Waals surface area contributed by atoms with E-state index in [1.54, 1.807) is 11.9 Å². The van der Waals surface area contributed by atoms with E-state index in [2.05, 4.69) is 85.5 Å². The second-order valence-corrected chi connectivity index (χ2v) is 11.8. The second kappa shape index (κ2) is 7.34. The molecule has 1 aromatic heterocycles. The predicted octanol–water partition coefficient (Wildman–Crippen LogP) is 4.88. The zero-order valence-corrected chi connectivity index (χ0v) is 21.1. The number of anilines is 3. The number of likely N-dealkylation sites (N-methyl/N-ethyl adjacent to an activating group) is 2. The van der Waals surface area contributed by atoms with Crippen molar-refractivity contribution >= 4 is 64.8 Å². The summed E-state index contributed by atoms with van der Waals surface area (Å²) in [4.78, 5) is 18.5. The van der Waals surface area contributed by atoms with Crippen LogP contribution in [0.15, 0.2) is 66.4 Å². The molecule has 3 heterocycles. The van der Waals surface area contributed by atoms with Crippen molar-refractivity contribution in [2.75, 3.05) is 19.0 Å². The molecule has 1 saturated heterocycles.